The predicted molar refractivity (Wildman–Crippen MR) is 90.0 cm³/mol. The van der Waals surface area contributed by atoms with Crippen LogP contribution in [0.15, 0.2) is 39.1 Å². The number of benzene rings is 1. The highest BCUT2D eigenvalue weighted by atomic mass is 16.5. The van der Waals surface area contributed by atoms with Crippen molar-refractivity contribution in [3.05, 3.63) is 45.8 Å². The van der Waals surface area contributed by atoms with Crippen LogP contribution >= 0.6 is 0 Å². The summed E-state index contributed by atoms with van der Waals surface area (Å²) in [6, 6.07) is 5.44. The van der Waals surface area contributed by atoms with Gasteiger partial charge in [-0.25, -0.2) is 4.79 Å². The Bertz CT molecular complexity index is 938. The van der Waals surface area contributed by atoms with Gasteiger partial charge in [0.2, 0.25) is 5.82 Å². The Labute approximate surface area is 138 Å². The molecule has 0 radical (unpaired) electrons. The molecule has 3 rings (SSSR count). The summed E-state index contributed by atoms with van der Waals surface area (Å²) in [5.74, 6) is 0.934. The first-order valence-electron chi connectivity index (χ1n) is 7.69. The molecular formula is C17H18N4O3. The highest BCUT2D eigenvalue weighted by Gasteiger charge is 2.14. The summed E-state index contributed by atoms with van der Waals surface area (Å²) in [7, 11) is 0. The predicted octanol–water partition coefficient (Wildman–Crippen LogP) is 2.88. The van der Waals surface area contributed by atoms with Crippen molar-refractivity contribution in [3.8, 4) is 17.1 Å². The Kier molecular flexibility index (Phi) is 4.41. The maximum absolute atomic E-state index is 12.2. The van der Waals surface area contributed by atoms with Crippen molar-refractivity contribution in [2.45, 2.75) is 27.2 Å². The van der Waals surface area contributed by atoms with Crippen LogP contribution in [0, 0.1) is 0 Å². The standard InChI is InChI=1S/C17H18N4O3/c1-4-23-14-9-15-12(7-11(14)6-5-10(2)3)8-13(17(22)24-15)16-18-20-21-19-16/h5,7-9H,4,6H2,1-3H3,(H,18,19,20,21). The van der Waals surface area contributed by atoms with E-state index in [1.165, 1.54) is 5.57 Å². The number of hydrogen-bond acceptors (Lipinski definition) is 6. The second-order valence-electron chi connectivity index (χ2n) is 5.60. The number of rotatable bonds is 5. The normalized spacial score (nSPS) is 10.8. The number of aromatic nitrogens is 4. The third-order valence-corrected chi connectivity index (χ3v) is 3.53. The summed E-state index contributed by atoms with van der Waals surface area (Å²) < 4.78 is 11.1. The van der Waals surface area contributed by atoms with Crippen LogP contribution in [0.3, 0.4) is 0 Å². The first-order chi connectivity index (χ1) is 11.6. The van der Waals surface area contributed by atoms with Crippen LogP contribution in [-0.4, -0.2) is 27.2 Å². The summed E-state index contributed by atoms with van der Waals surface area (Å²) in [5, 5.41) is 14.3. The van der Waals surface area contributed by atoms with Gasteiger partial charge in [-0.3, -0.25) is 0 Å². The van der Waals surface area contributed by atoms with Crippen LogP contribution in [0.1, 0.15) is 26.3 Å². The number of fused-ring (bicyclic) bond motifs is 1. The van der Waals surface area contributed by atoms with Crippen molar-refractivity contribution in [1.29, 1.82) is 0 Å². The fourth-order valence-corrected chi connectivity index (χ4v) is 2.39. The van der Waals surface area contributed by atoms with E-state index in [4.69, 9.17) is 9.15 Å². The summed E-state index contributed by atoms with van der Waals surface area (Å²) in [6.07, 6.45) is 2.87. The minimum absolute atomic E-state index is 0.213. The molecule has 3 aromatic rings. The van der Waals surface area contributed by atoms with Gasteiger partial charge in [0, 0.05) is 11.5 Å². The van der Waals surface area contributed by atoms with Gasteiger partial charge in [-0.1, -0.05) is 11.6 Å². The summed E-state index contributed by atoms with van der Waals surface area (Å²) in [5.41, 5.74) is 2.48. The van der Waals surface area contributed by atoms with E-state index in [-0.39, 0.29) is 11.4 Å². The van der Waals surface area contributed by atoms with E-state index in [9.17, 15) is 4.79 Å². The molecule has 24 heavy (non-hydrogen) atoms. The van der Waals surface area contributed by atoms with Crippen LogP contribution < -0.4 is 10.4 Å². The average molecular weight is 326 g/mol. The average Bonchev–Trinajstić information content (AvgIpc) is 3.07. The van der Waals surface area contributed by atoms with Gasteiger partial charge < -0.3 is 9.15 Å². The second kappa shape index (κ2) is 6.66. The zero-order valence-corrected chi connectivity index (χ0v) is 13.8. The van der Waals surface area contributed by atoms with Gasteiger partial charge in [0.25, 0.3) is 0 Å². The number of nitrogens with one attached hydrogen (secondary N) is 1. The van der Waals surface area contributed by atoms with Crippen LogP contribution in [0.5, 0.6) is 5.75 Å². The molecule has 0 bridgehead atoms. The molecule has 0 saturated carbocycles. The molecule has 1 aromatic carbocycles. The highest BCUT2D eigenvalue weighted by Crippen LogP contribution is 2.28. The van der Waals surface area contributed by atoms with Crippen LogP contribution in [0.25, 0.3) is 22.4 Å². The van der Waals surface area contributed by atoms with E-state index in [0.717, 1.165) is 23.1 Å². The van der Waals surface area contributed by atoms with E-state index in [1.807, 2.05) is 13.0 Å². The third kappa shape index (κ3) is 3.19. The van der Waals surface area contributed by atoms with Crippen molar-refractivity contribution in [2.75, 3.05) is 6.61 Å². The maximum Gasteiger partial charge on any atom is 0.347 e. The van der Waals surface area contributed by atoms with Gasteiger partial charge in [0.15, 0.2) is 0 Å². The van der Waals surface area contributed by atoms with E-state index in [0.29, 0.717) is 12.2 Å². The van der Waals surface area contributed by atoms with Gasteiger partial charge in [-0.05, 0) is 50.1 Å². The SMILES string of the molecule is CCOc1cc2oc(=O)c(-c3nn[nH]n3)cc2cc1CC=C(C)C. The number of aromatic amines is 1. The number of H-pyrrole nitrogens is 1. The monoisotopic (exact) mass is 326 g/mol. The number of tetrazole rings is 1. The Morgan fingerprint density at radius 2 is 2.17 bits per heavy atom. The molecule has 1 N–H and O–H groups in total. The molecule has 0 spiro atoms. The Hall–Kier alpha value is -2.96. The van der Waals surface area contributed by atoms with E-state index >= 15 is 0 Å². The molecule has 0 atom stereocenters. The lowest BCUT2D eigenvalue weighted by atomic mass is 10.0. The lowest BCUT2D eigenvalue weighted by molar-refractivity contribution is 0.337. The smallest absolute Gasteiger partial charge is 0.347 e. The molecule has 2 heterocycles. The Morgan fingerprint density at radius 1 is 1.33 bits per heavy atom. The zero-order valence-electron chi connectivity index (χ0n) is 13.8. The van der Waals surface area contributed by atoms with Crippen molar-refractivity contribution in [3.63, 3.8) is 0 Å². The molecule has 0 fully saturated rings. The molecular weight excluding hydrogens is 308 g/mol. The fourth-order valence-electron chi connectivity index (χ4n) is 2.39. The zero-order chi connectivity index (χ0) is 17.1. The largest absolute Gasteiger partial charge is 0.493 e. The lowest BCUT2D eigenvalue weighted by Gasteiger charge is -2.10. The quantitative estimate of drug-likeness (QED) is 0.572. The molecule has 0 amide bonds. The van der Waals surface area contributed by atoms with Crippen molar-refractivity contribution in [1.82, 2.24) is 20.6 Å². The Morgan fingerprint density at radius 3 is 2.83 bits per heavy atom. The van der Waals surface area contributed by atoms with Gasteiger partial charge in [0.1, 0.15) is 16.9 Å². The number of hydrogen-bond donors (Lipinski definition) is 1. The van der Waals surface area contributed by atoms with Gasteiger partial charge in [-0.2, -0.15) is 5.21 Å². The summed E-state index contributed by atoms with van der Waals surface area (Å²) in [6.45, 7) is 6.56. The van der Waals surface area contributed by atoms with Crippen molar-refractivity contribution >= 4 is 11.0 Å². The molecule has 7 heteroatoms. The number of allylic oxidation sites excluding steroid dienone is 2. The van der Waals surface area contributed by atoms with Gasteiger partial charge >= 0.3 is 5.63 Å². The van der Waals surface area contributed by atoms with Crippen LogP contribution in [-0.2, 0) is 6.42 Å². The fraction of sp³-hybridized carbons (Fsp3) is 0.294. The molecule has 0 aliphatic rings. The Balaban J connectivity index is 2.16. The minimum atomic E-state index is -0.511. The molecule has 124 valence electrons. The van der Waals surface area contributed by atoms with Crippen molar-refractivity contribution < 1.29 is 9.15 Å². The highest BCUT2D eigenvalue weighted by molar-refractivity contribution is 5.83. The number of nitrogens with zero attached hydrogens (tertiary/aromatic N) is 3. The minimum Gasteiger partial charge on any atom is -0.493 e. The maximum atomic E-state index is 12.2. The topological polar surface area (TPSA) is 93.9 Å². The molecule has 2 aromatic heterocycles. The molecule has 0 aliphatic carbocycles. The third-order valence-electron chi connectivity index (χ3n) is 3.53. The molecule has 0 unspecified atom stereocenters. The van der Waals surface area contributed by atoms with Crippen LogP contribution in [0.2, 0.25) is 0 Å². The molecule has 0 saturated heterocycles. The first kappa shape index (κ1) is 15.9. The summed E-state index contributed by atoms with van der Waals surface area (Å²) in [4.78, 5) is 12.2. The van der Waals surface area contributed by atoms with Crippen LogP contribution in [0.4, 0.5) is 0 Å². The second-order valence-corrected chi connectivity index (χ2v) is 5.60. The summed E-state index contributed by atoms with van der Waals surface area (Å²) >= 11 is 0. The van der Waals surface area contributed by atoms with Crippen molar-refractivity contribution in [2.24, 2.45) is 0 Å². The van der Waals surface area contributed by atoms with Gasteiger partial charge in [0.05, 0.1) is 6.61 Å². The van der Waals surface area contributed by atoms with E-state index < -0.39 is 5.63 Å². The number of ether oxygens (including phenoxy) is 1. The van der Waals surface area contributed by atoms with Gasteiger partial charge in [-0.15, -0.1) is 10.2 Å². The van der Waals surface area contributed by atoms with E-state index in [1.54, 1.807) is 12.1 Å². The lowest BCUT2D eigenvalue weighted by Crippen LogP contribution is -2.05. The first-order valence-corrected chi connectivity index (χ1v) is 7.69. The van der Waals surface area contributed by atoms with E-state index in [2.05, 4.69) is 40.5 Å². The molecule has 0 aliphatic heterocycles. The molecule has 7 nitrogen and oxygen atoms in total.